The number of hydrogen-bond donors (Lipinski definition) is 0. The summed E-state index contributed by atoms with van der Waals surface area (Å²) in [5.74, 6) is -0.0948. The number of ether oxygens (including phenoxy) is 1. The quantitative estimate of drug-likeness (QED) is 0.637. The van der Waals surface area contributed by atoms with Gasteiger partial charge in [0.1, 0.15) is 0 Å². The van der Waals surface area contributed by atoms with E-state index >= 15 is 0 Å². The predicted octanol–water partition coefficient (Wildman–Crippen LogP) is 1.52. The van der Waals surface area contributed by atoms with Gasteiger partial charge in [0.05, 0.1) is 6.54 Å². The highest BCUT2D eigenvalue weighted by Gasteiger charge is 2.37. The molecule has 0 saturated carbocycles. The van der Waals surface area contributed by atoms with Crippen molar-refractivity contribution in [3.8, 4) is 0 Å². The Kier molecular flexibility index (Phi) is 4.51. The summed E-state index contributed by atoms with van der Waals surface area (Å²) in [6, 6.07) is 0.344. The smallest absolute Gasteiger partial charge is 0.295 e. The van der Waals surface area contributed by atoms with Gasteiger partial charge < -0.3 is 4.74 Å². The van der Waals surface area contributed by atoms with Crippen molar-refractivity contribution in [2.45, 2.75) is 12.5 Å². The summed E-state index contributed by atoms with van der Waals surface area (Å²) >= 11 is 0. The lowest BCUT2D eigenvalue weighted by Gasteiger charge is -2.10. The summed E-state index contributed by atoms with van der Waals surface area (Å²) in [5.41, 5.74) is 0. The van der Waals surface area contributed by atoms with E-state index in [1.54, 1.807) is 18.2 Å². The van der Waals surface area contributed by atoms with Crippen molar-refractivity contribution < 1.29 is 9.53 Å². The van der Waals surface area contributed by atoms with Gasteiger partial charge >= 0.3 is 0 Å². The fourth-order valence-electron chi connectivity index (χ4n) is 1.37. The van der Waals surface area contributed by atoms with E-state index < -0.39 is 6.10 Å². The molecule has 1 atom stereocenters. The Labute approximate surface area is 95.6 Å². The summed E-state index contributed by atoms with van der Waals surface area (Å²) in [6.07, 6.45) is 4.93. The average Bonchev–Trinajstić information content (AvgIpc) is 2.56. The Hall–Kier alpha value is -1.84. The molecule has 0 spiro atoms. The standard InChI is InChI=1S/C12H16N2O2/c1-4-7-10-11(15)14(9-6-3)12(16-10)13-8-5-2/h4-6,10H,1-3,7-9H2. The maximum atomic E-state index is 11.9. The minimum Gasteiger partial charge on any atom is -0.451 e. The molecule has 0 N–H and O–H groups in total. The Morgan fingerprint density at radius 1 is 1.31 bits per heavy atom. The van der Waals surface area contributed by atoms with Gasteiger partial charge in [-0.3, -0.25) is 9.69 Å². The maximum absolute atomic E-state index is 11.9. The van der Waals surface area contributed by atoms with Crippen LogP contribution in [0.5, 0.6) is 0 Å². The van der Waals surface area contributed by atoms with Crippen LogP contribution < -0.4 is 0 Å². The number of hydrogen-bond acceptors (Lipinski definition) is 3. The second-order valence-electron chi connectivity index (χ2n) is 3.28. The molecule has 1 unspecified atom stereocenters. The third-order valence-corrected chi connectivity index (χ3v) is 2.07. The van der Waals surface area contributed by atoms with E-state index in [2.05, 4.69) is 24.7 Å². The molecule has 1 heterocycles. The molecule has 1 aliphatic rings. The fourth-order valence-corrected chi connectivity index (χ4v) is 1.37. The zero-order valence-corrected chi connectivity index (χ0v) is 9.26. The van der Waals surface area contributed by atoms with Crippen LogP contribution in [0.1, 0.15) is 6.42 Å². The molecule has 0 radical (unpaired) electrons. The van der Waals surface area contributed by atoms with Crippen molar-refractivity contribution >= 4 is 11.9 Å². The Morgan fingerprint density at radius 2 is 2.06 bits per heavy atom. The van der Waals surface area contributed by atoms with E-state index in [9.17, 15) is 4.79 Å². The van der Waals surface area contributed by atoms with Crippen LogP contribution in [0.3, 0.4) is 0 Å². The molecule has 0 aliphatic carbocycles. The van der Waals surface area contributed by atoms with E-state index in [1.165, 1.54) is 4.90 Å². The topological polar surface area (TPSA) is 41.9 Å². The Bertz CT molecular complexity index is 334. The Morgan fingerprint density at radius 3 is 2.62 bits per heavy atom. The summed E-state index contributed by atoms with van der Waals surface area (Å²) in [4.78, 5) is 17.5. The van der Waals surface area contributed by atoms with Crippen LogP contribution in [0.2, 0.25) is 0 Å². The summed E-state index contributed by atoms with van der Waals surface area (Å²) in [7, 11) is 0. The van der Waals surface area contributed by atoms with Gasteiger partial charge in [-0.15, -0.1) is 19.7 Å². The first kappa shape index (κ1) is 12.2. The zero-order chi connectivity index (χ0) is 12.0. The van der Waals surface area contributed by atoms with E-state index in [1.807, 2.05) is 0 Å². The van der Waals surface area contributed by atoms with Crippen molar-refractivity contribution in [3.05, 3.63) is 38.0 Å². The third kappa shape index (κ3) is 2.59. The van der Waals surface area contributed by atoms with Gasteiger partial charge in [-0.1, -0.05) is 18.2 Å². The largest absolute Gasteiger partial charge is 0.451 e. The van der Waals surface area contributed by atoms with Crippen LogP contribution in [-0.2, 0) is 9.53 Å². The van der Waals surface area contributed by atoms with Gasteiger partial charge in [-0.2, -0.15) is 0 Å². The highest BCUT2D eigenvalue weighted by Crippen LogP contribution is 2.16. The van der Waals surface area contributed by atoms with E-state index in [-0.39, 0.29) is 5.91 Å². The first-order chi connectivity index (χ1) is 7.74. The van der Waals surface area contributed by atoms with Crippen LogP contribution in [0, 0.1) is 0 Å². The second-order valence-corrected chi connectivity index (χ2v) is 3.28. The molecule has 4 heteroatoms. The molecular formula is C12H16N2O2. The minimum atomic E-state index is -0.499. The van der Waals surface area contributed by atoms with Crippen LogP contribution in [0.4, 0.5) is 0 Å². The molecule has 16 heavy (non-hydrogen) atoms. The molecule has 4 nitrogen and oxygen atoms in total. The molecule has 1 amide bonds. The van der Waals surface area contributed by atoms with E-state index in [0.29, 0.717) is 25.5 Å². The monoisotopic (exact) mass is 220 g/mol. The van der Waals surface area contributed by atoms with E-state index in [0.717, 1.165) is 0 Å². The van der Waals surface area contributed by atoms with Gasteiger partial charge in [0.15, 0.2) is 6.10 Å². The van der Waals surface area contributed by atoms with Gasteiger partial charge in [0, 0.05) is 13.0 Å². The lowest BCUT2D eigenvalue weighted by atomic mass is 10.2. The molecule has 0 aromatic heterocycles. The molecule has 1 aliphatic heterocycles. The highest BCUT2D eigenvalue weighted by atomic mass is 16.5. The summed E-state index contributed by atoms with van der Waals surface area (Å²) in [6.45, 7) is 11.6. The van der Waals surface area contributed by atoms with Gasteiger partial charge in [-0.05, 0) is 0 Å². The van der Waals surface area contributed by atoms with Crippen LogP contribution in [0.25, 0.3) is 0 Å². The second kappa shape index (κ2) is 5.90. The number of nitrogens with zero attached hydrogens (tertiary/aromatic N) is 2. The molecule has 86 valence electrons. The number of amides is 1. The molecule has 1 rings (SSSR count). The molecule has 0 aromatic carbocycles. The minimum absolute atomic E-state index is 0.0948. The third-order valence-electron chi connectivity index (χ3n) is 2.07. The first-order valence-electron chi connectivity index (χ1n) is 5.09. The number of amidine groups is 1. The average molecular weight is 220 g/mol. The van der Waals surface area contributed by atoms with Crippen LogP contribution in [0.15, 0.2) is 43.0 Å². The van der Waals surface area contributed by atoms with Crippen molar-refractivity contribution in [1.82, 2.24) is 4.90 Å². The SMILES string of the molecule is C=CCN=C1OC(CC=C)C(=O)N1CC=C. The van der Waals surface area contributed by atoms with Crippen molar-refractivity contribution in [1.29, 1.82) is 0 Å². The number of carbonyl (C=O) groups excluding carboxylic acids is 1. The van der Waals surface area contributed by atoms with Crippen LogP contribution in [-0.4, -0.2) is 36.0 Å². The number of aliphatic imine (C=N–C) groups is 1. The lowest BCUT2D eigenvalue weighted by molar-refractivity contribution is -0.129. The molecule has 1 fully saturated rings. The fraction of sp³-hybridized carbons (Fsp3) is 0.333. The number of carbonyl (C=O) groups is 1. The van der Waals surface area contributed by atoms with Crippen molar-refractivity contribution in [2.24, 2.45) is 4.99 Å². The number of rotatable bonds is 6. The Balaban J connectivity index is 2.82. The van der Waals surface area contributed by atoms with Gasteiger partial charge in [-0.25, -0.2) is 4.99 Å². The highest BCUT2D eigenvalue weighted by molar-refractivity contribution is 6.02. The van der Waals surface area contributed by atoms with Crippen molar-refractivity contribution in [3.63, 3.8) is 0 Å². The van der Waals surface area contributed by atoms with Crippen LogP contribution >= 0.6 is 0 Å². The summed E-state index contributed by atoms with van der Waals surface area (Å²) in [5, 5.41) is 0. The van der Waals surface area contributed by atoms with Crippen molar-refractivity contribution in [2.75, 3.05) is 13.1 Å². The molecule has 0 bridgehead atoms. The predicted molar refractivity (Wildman–Crippen MR) is 64.1 cm³/mol. The molecular weight excluding hydrogens is 204 g/mol. The van der Waals surface area contributed by atoms with Gasteiger partial charge in [0.2, 0.25) is 0 Å². The van der Waals surface area contributed by atoms with E-state index in [4.69, 9.17) is 4.74 Å². The first-order valence-corrected chi connectivity index (χ1v) is 5.09. The lowest BCUT2D eigenvalue weighted by Crippen LogP contribution is -2.32. The van der Waals surface area contributed by atoms with Gasteiger partial charge in [0.25, 0.3) is 11.9 Å². The summed E-state index contributed by atoms with van der Waals surface area (Å²) < 4.78 is 5.44. The maximum Gasteiger partial charge on any atom is 0.295 e. The zero-order valence-electron chi connectivity index (χ0n) is 9.26. The molecule has 0 aromatic rings. The molecule has 1 saturated heterocycles. The normalized spacial score (nSPS) is 22.0.